The van der Waals surface area contributed by atoms with Gasteiger partial charge >= 0.3 is 0 Å². The van der Waals surface area contributed by atoms with E-state index in [1.165, 1.54) is 45.3 Å². The van der Waals surface area contributed by atoms with Crippen LogP contribution in [0.4, 0.5) is 0 Å². The minimum Gasteiger partial charge on any atom is -0.390 e. The van der Waals surface area contributed by atoms with Gasteiger partial charge in [0.05, 0.1) is 11.8 Å². The summed E-state index contributed by atoms with van der Waals surface area (Å²) in [6.45, 7) is 13.1. The van der Waals surface area contributed by atoms with E-state index in [0.29, 0.717) is 0 Å². The third-order valence-electron chi connectivity index (χ3n) is 7.60. The third kappa shape index (κ3) is 4.22. The molecule has 0 amide bonds. The summed E-state index contributed by atoms with van der Waals surface area (Å²) in [4.78, 5) is 3.93. The van der Waals surface area contributed by atoms with Crippen LogP contribution in [0.3, 0.4) is 0 Å². The first-order chi connectivity index (χ1) is 19.1. The van der Waals surface area contributed by atoms with E-state index in [9.17, 15) is 0 Å². The zero-order valence-electron chi connectivity index (χ0n) is 22.5. The highest BCUT2D eigenvalue weighted by Crippen LogP contribution is 2.60. The number of fused-ring (bicyclic) bond motifs is 3. The molecule has 2 nitrogen and oxygen atoms in total. The maximum Gasteiger partial charge on any atom is 0.0852 e. The number of rotatable bonds is 7. The van der Waals surface area contributed by atoms with Crippen molar-refractivity contribution in [3.63, 3.8) is 0 Å². The topological polar surface area (TPSA) is 38.4 Å². The molecular weight excluding hydrogens is 472 g/mol. The highest BCUT2D eigenvalue weighted by Gasteiger charge is 2.49. The zero-order valence-corrected chi connectivity index (χ0v) is 22.5. The Kier molecular flexibility index (Phi) is 7.14. The monoisotopic (exact) mass is 504 g/mol. The van der Waals surface area contributed by atoms with Gasteiger partial charge in [-0.25, -0.2) is 4.99 Å². The lowest BCUT2D eigenvalue weighted by atomic mass is 9.64. The van der Waals surface area contributed by atoms with Gasteiger partial charge in [-0.15, -0.1) is 5.73 Å². The number of aliphatic imine (C=N–C) groups is 1. The molecule has 0 aromatic heterocycles. The second-order valence-corrected chi connectivity index (χ2v) is 9.73. The fraction of sp³-hybridized carbons (Fsp3) is 0.0811. The molecule has 0 saturated carbocycles. The van der Waals surface area contributed by atoms with Crippen molar-refractivity contribution in [2.45, 2.75) is 19.3 Å². The van der Waals surface area contributed by atoms with Crippen molar-refractivity contribution >= 4 is 17.5 Å². The lowest BCUT2D eigenvalue weighted by Gasteiger charge is -2.36. The fourth-order valence-corrected chi connectivity index (χ4v) is 5.98. The lowest BCUT2D eigenvalue weighted by Crippen LogP contribution is -2.30. The molecule has 0 saturated heterocycles. The molecule has 1 atom stereocenters. The SMILES string of the molecule is C=C=C(c1ccccc1C)C1(c2ccccc2C)c2ccccc2-c2c(C(=C)/C=C\C=C/N=CN)cccc21. The molecule has 0 bridgehead atoms. The number of hydrogen-bond acceptors (Lipinski definition) is 1. The summed E-state index contributed by atoms with van der Waals surface area (Å²) in [5.74, 6) is 0. The van der Waals surface area contributed by atoms with Crippen LogP contribution < -0.4 is 5.73 Å². The molecule has 0 heterocycles. The normalized spacial score (nSPS) is 15.9. The van der Waals surface area contributed by atoms with Gasteiger partial charge in [-0.2, -0.15) is 0 Å². The van der Waals surface area contributed by atoms with Gasteiger partial charge in [0.1, 0.15) is 0 Å². The Morgan fingerprint density at radius 1 is 0.769 bits per heavy atom. The lowest BCUT2D eigenvalue weighted by molar-refractivity contribution is 0.818. The molecule has 4 aromatic rings. The van der Waals surface area contributed by atoms with Crippen LogP contribution in [0.2, 0.25) is 0 Å². The van der Waals surface area contributed by atoms with Crippen molar-refractivity contribution in [3.05, 3.63) is 173 Å². The zero-order chi connectivity index (χ0) is 27.4. The number of benzene rings is 4. The van der Waals surface area contributed by atoms with Crippen LogP contribution in [0.25, 0.3) is 22.3 Å². The molecule has 190 valence electrons. The first-order valence-corrected chi connectivity index (χ1v) is 13.1. The van der Waals surface area contributed by atoms with Crippen molar-refractivity contribution < 1.29 is 0 Å². The van der Waals surface area contributed by atoms with Crippen LogP contribution in [-0.2, 0) is 5.41 Å². The molecule has 5 rings (SSSR count). The minimum atomic E-state index is -0.596. The average Bonchev–Trinajstić information content (AvgIpc) is 3.25. The number of hydrogen-bond donors (Lipinski definition) is 1. The molecular formula is C37H32N2. The number of allylic oxidation sites excluding steroid dienone is 5. The van der Waals surface area contributed by atoms with Crippen LogP contribution in [0.5, 0.6) is 0 Å². The summed E-state index contributed by atoms with van der Waals surface area (Å²) in [7, 11) is 0. The summed E-state index contributed by atoms with van der Waals surface area (Å²) >= 11 is 0. The molecule has 0 radical (unpaired) electrons. The highest BCUT2D eigenvalue weighted by atomic mass is 14.8. The molecule has 0 aliphatic heterocycles. The maximum absolute atomic E-state index is 5.34. The largest absolute Gasteiger partial charge is 0.390 e. The second kappa shape index (κ2) is 10.8. The Bertz CT molecular complexity index is 1710. The molecule has 0 spiro atoms. The van der Waals surface area contributed by atoms with E-state index in [0.717, 1.165) is 22.3 Å². The summed E-state index contributed by atoms with van der Waals surface area (Å²) < 4.78 is 0. The van der Waals surface area contributed by atoms with Crippen molar-refractivity contribution in [1.82, 2.24) is 0 Å². The summed E-state index contributed by atoms with van der Waals surface area (Å²) in [6, 6.07) is 32.5. The smallest absolute Gasteiger partial charge is 0.0852 e. The summed E-state index contributed by atoms with van der Waals surface area (Å²) in [5, 5.41) is 0. The van der Waals surface area contributed by atoms with Crippen LogP contribution in [0.15, 0.2) is 139 Å². The molecule has 1 aliphatic rings. The molecule has 4 aromatic carbocycles. The van der Waals surface area contributed by atoms with Gasteiger partial charge < -0.3 is 5.73 Å². The van der Waals surface area contributed by atoms with Crippen LogP contribution in [0.1, 0.15) is 38.9 Å². The Labute approximate surface area is 231 Å². The van der Waals surface area contributed by atoms with Crippen LogP contribution in [0, 0.1) is 13.8 Å². The predicted molar refractivity (Wildman–Crippen MR) is 167 cm³/mol. The first kappa shape index (κ1) is 25.7. The molecule has 2 N–H and O–H groups in total. The van der Waals surface area contributed by atoms with Crippen molar-refractivity contribution in [2.24, 2.45) is 10.7 Å². The number of nitrogens with zero attached hydrogens (tertiary/aromatic N) is 1. The Hall–Kier alpha value is -4.91. The molecule has 0 fully saturated rings. The predicted octanol–water partition coefficient (Wildman–Crippen LogP) is 8.56. The van der Waals surface area contributed by atoms with E-state index in [1.54, 1.807) is 6.20 Å². The average molecular weight is 505 g/mol. The number of nitrogens with two attached hydrogens (primary N) is 1. The first-order valence-electron chi connectivity index (χ1n) is 13.1. The van der Waals surface area contributed by atoms with E-state index in [4.69, 9.17) is 5.73 Å². The maximum atomic E-state index is 5.34. The molecule has 2 heteroatoms. The van der Waals surface area contributed by atoms with Gasteiger partial charge in [-0.3, -0.25) is 0 Å². The highest BCUT2D eigenvalue weighted by molar-refractivity contribution is 6.00. The standard InChI is InChI=1S/C37H32N2/c1-5-32(29-18-8-6-15-26(29)2)37(33-21-10-7-17-28(33)4)34-22-11-9-19-31(34)36-30(20-14-23-35(36)37)27(3)16-12-13-24-39-25-38/h6-25H,1,3H2,2,4H3,(H2,38,39)/b16-12-,24-13-. The third-order valence-corrected chi connectivity index (χ3v) is 7.60. The fourth-order valence-electron chi connectivity index (χ4n) is 5.98. The quantitative estimate of drug-likeness (QED) is 0.116. The van der Waals surface area contributed by atoms with Gasteiger partial charge in [0, 0.05) is 11.8 Å². The molecule has 39 heavy (non-hydrogen) atoms. The van der Waals surface area contributed by atoms with Gasteiger partial charge in [0.2, 0.25) is 0 Å². The number of aryl methyl sites for hydroxylation is 2. The molecule has 1 aliphatic carbocycles. The van der Waals surface area contributed by atoms with Crippen LogP contribution in [-0.4, -0.2) is 6.34 Å². The summed E-state index contributed by atoms with van der Waals surface area (Å²) in [6.07, 6.45) is 8.72. The Morgan fingerprint density at radius 2 is 1.41 bits per heavy atom. The Morgan fingerprint density at radius 3 is 2.13 bits per heavy atom. The van der Waals surface area contributed by atoms with Gasteiger partial charge in [0.25, 0.3) is 0 Å². The van der Waals surface area contributed by atoms with E-state index in [1.807, 2.05) is 18.2 Å². The van der Waals surface area contributed by atoms with E-state index >= 15 is 0 Å². The van der Waals surface area contributed by atoms with Crippen molar-refractivity contribution in [1.29, 1.82) is 0 Å². The van der Waals surface area contributed by atoms with Crippen molar-refractivity contribution in [2.75, 3.05) is 0 Å². The van der Waals surface area contributed by atoms with Gasteiger partial charge in [-0.1, -0.05) is 116 Å². The van der Waals surface area contributed by atoms with Gasteiger partial charge in [-0.05, 0) is 75.6 Å². The summed E-state index contributed by atoms with van der Waals surface area (Å²) in [5.41, 5.74) is 20.9. The van der Waals surface area contributed by atoms with E-state index < -0.39 is 5.41 Å². The van der Waals surface area contributed by atoms with E-state index in [2.05, 4.69) is 129 Å². The van der Waals surface area contributed by atoms with Crippen LogP contribution >= 0.6 is 0 Å². The Balaban J connectivity index is 1.88. The minimum absolute atomic E-state index is 0.596. The second-order valence-electron chi connectivity index (χ2n) is 9.73. The molecule has 1 unspecified atom stereocenters. The van der Waals surface area contributed by atoms with Crippen molar-refractivity contribution in [3.8, 4) is 11.1 Å². The van der Waals surface area contributed by atoms with E-state index in [-0.39, 0.29) is 0 Å². The van der Waals surface area contributed by atoms with Gasteiger partial charge in [0.15, 0.2) is 0 Å².